The van der Waals surface area contributed by atoms with E-state index in [1.165, 1.54) is 5.56 Å². The number of aromatic nitrogens is 2. The quantitative estimate of drug-likeness (QED) is 0.913. The first-order valence-corrected chi connectivity index (χ1v) is 6.75. The summed E-state index contributed by atoms with van der Waals surface area (Å²) in [6.07, 6.45) is 6.66. The fourth-order valence-electron chi connectivity index (χ4n) is 2.46. The second kappa shape index (κ2) is 5.55. The van der Waals surface area contributed by atoms with Crippen molar-refractivity contribution in [3.63, 3.8) is 0 Å². The molecule has 4 nitrogen and oxygen atoms in total. The molecule has 0 bridgehead atoms. The summed E-state index contributed by atoms with van der Waals surface area (Å²) in [4.78, 5) is 4.06. The molecule has 1 aliphatic heterocycles. The van der Waals surface area contributed by atoms with Crippen LogP contribution in [0.25, 0.3) is 5.69 Å². The molecular weight excluding hydrogens is 238 g/mol. The highest BCUT2D eigenvalue weighted by atomic mass is 16.5. The predicted octanol–water partition coefficient (Wildman–Crippen LogP) is 2.31. The molecule has 1 aromatic carbocycles. The number of rotatable bonds is 4. The predicted molar refractivity (Wildman–Crippen MR) is 74.3 cm³/mol. The van der Waals surface area contributed by atoms with E-state index in [1.807, 2.05) is 17.1 Å². The van der Waals surface area contributed by atoms with E-state index in [2.05, 4.69) is 41.5 Å². The van der Waals surface area contributed by atoms with Gasteiger partial charge < -0.3 is 14.6 Å². The summed E-state index contributed by atoms with van der Waals surface area (Å²) in [6.45, 7) is 3.91. The van der Waals surface area contributed by atoms with Crippen molar-refractivity contribution in [1.29, 1.82) is 0 Å². The van der Waals surface area contributed by atoms with Crippen LogP contribution in [-0.2, 0) is 4.74 Å². The molecule has 1 aromatic heterocycles. The topological polar surface area (TPSA) is 39.1 Å². The Morgan fingerprint density at radius 1 is 1.37 bits per heavy atom. The number of imidazole rings is 1. The first-order chi connectivity index (χ1) is 9.33. The van der Waals surface area contributed by atoms with Gasteiger partial charge in [0.05, 0.1) is 12.9 Å². The van der Waals surface area contributed by atoms with Crippen LogP contribution in [0.4, 0.5) is 0 Å². The van der Waals surface area contributed by atoms with Gasteiger partial charge in [-0.2, -0.15) is 0 Å². The lowest BCUT2D eigenvalue weighted by molar-refractivity contribution is 0.188. The highest BCUT2D eigenvalue weighted by Crippen LogP contribution is 2.17. The average Bonchev–Trinajstić information content (AvgIpc) is 3.12. The van der Waals surface area contributed by atoms with Crippen molar-refractivity contribution in [3.05, 3.63) is 48.5 Å². The minimum atomic E-state index is 0.350. The highest BCUT2D eigenvalue weighted by molar-refractivity contribution is 5.35. The van der Waals surface area contributed by atoms with E-state index < -0.39 is 0 Å². The lowest BCUT2D eigenvalue weighted by Gasteiger charge is -2.19. The molecule has 1 saturated heterocycles. The second-order valence-electron chi connectivity index (χ2n) is 5.01. The van der Waals surface area contributed by atoms with E-state index in [-0.39, 0.29) is 0 Å². The maximum atomic E-state index is 5.39. The second-order valence-corrected chi connectivity index (χ2v) is 5.01. The van der Waals surface area contributed by atoms with E-state index in [1.54, 1.807) is 6.20 Å². The molecule has 0 aliphatic carbocycles. The van der Waals surface area contributed by atoms with Gasteiger partial charge in [-0.3, -0.25) is 0 Å². The monoisotopic (exact) mass is 257 g/mol. The summed E-state index contributed by atoms with van der Waals surface area (Å²) >= 11 is 0. The smallest absolute Gasteiger partial charge is 0.0991 e. The van der Waals surface area contributed by atoms with E-state index in [4.69, 9.17) is 4.74 Å². The third-order valence-electron chi connectivity index (χ3n) is 3.61. The maximum Gasteiger partial charge on any atom is 0.0991 e. The molecule has 1 aliphatic rings. The van der Waals surface area contributed by atoms with Crippen LogP contribution in [-0.4, -0.2) is 28.8 Å². The summed E-state index contributed by atoms with van der Waals surface area (Å²) in [5.41, 5.74) is 2.44. The van der Waals surface area contributed by atoms with Gasteiger partial charge in [0.25, 0.3) is 0 Å². The molecule has 2 heterocycles. The summed E-state index contributed by atoms with van der Waals surface area (Å²) in [5.74, 6) is 0. The van der Waals surface area contributed by atoms with Crippen LogP contribution in [0.2, 0.25) is 0 Å². The number of nitrogens with one attached hydrogen (secondary N) is 1. The van der Waals surface area contributed by atoms with Gasteiger partial charge in [-0.25, -0.2) is 4.98 Å². The largest absolute Gasteiger partial charge is 0.380 e. The Morgan fingerprint density at radius 2 is 2.21 bits per heavy atom. The van der Waals surface area contributed by atoms with E-state index in [9.17, 15) is 0 Å². The number of nitrogens with zero attached hydrogens (tertiary/aromatic N) is 2. The number of hydrogen-bond acceptors (Lipinski definition) is 3. The molecule has 100 valence electrons. The first kappa shape index (κ1) is 12.4. The fourth-order valence-corrected chi connectivity index (χ4v) is 2.46. The summed E-state index contributed by atoms with van der Waals surface area (Å²) in [5, 5.41) is 3.61. The molecule has 1 fully saturated rings. The van der Waals surface area contributed by atoms with Crippen molar-refractivity contribution >= 4 is 0 Å². The van der Waals surface area contributed by atoms with Crippen molar-refractivity contribution in [2.75, 3.05) is 13.2 Å². The Hall–Kier alpha value is -1.65. The standard InChI is InChI=1S/C15H19N3O/c1-12(17-14-6-9-19-10-14)13-2-4-15(5-3-13)18-8-7-16-11-18/h2-5,7-8,11-12,14,17H,6,9-10H2,1H3. The van der Waals surface area contributed by atoms with Gasteiger partial charge in [0.2, 0.25) is 0 Å². The van der Waals surface area contributed by atoms with Crippen LogP contribution >= 0.6 is 0 Å². The fraction of sp³-hybridized carbons (Fsp3) is 0.400. The van der Waals surface area contributed by atoms with Crippen LogP contribution in [0.3, 0.4) is 0 Å². The maximum absolute atomic E-state index is 5.39. The molecule has 3 rings (SSSR count). The van der Waals surface area contributed by atoms with Gasteiger partial charge in [0, 0.05) is 36.8 Å². The summed E-state index contributed by atoms with van der Waals surface area (Å²) < 4.78 is 7.40. The van der Waals surface area contributed by atoms with Crippen LogP contribution in [0.5, 0.6) is 0 Å². The zero-order chi connectivity index (χ0) is 13.1. The molecule has 2 atom stereocenters. The molecule has 0 amide bonds. The molecule has 4 heteroatoms. The minimum absolute atomic E-state index is 0.350. The zero-order valence-electron chi connectivity index (χ0n) is 11.1. The van der Waals surface area contributed by atoms with Gasteiger partial charge >= 0.3 is 0 Å². The van der Waals surface area contributed by atoms with Crippen LogP contribution in [0.1, 0.15) is 24.9 Å². The number of ether oxygens (including phenoxy) is 1. The van der Waals surface area contributed by atoms with Gasteiger partial charge in [0.15, 0.2) is 0 Å². The Kier molecular flexibility index (Phi) is 3.62. The zero-order valence-corrected chi connectivity index (χ0v) is 11.1. The summed E-state index contributed by atoms with van der Waals surface area (Å²) in [7, 11) is 0. The van der Waals surface area contributed by atoms with Gasteiger partial charge in [-0.05, 0) is 31.0 Å². The Bertz CT molecular complexity index is 501. The van der Waals surface area contributed by atoms with Crippen molar-refractivity contribution in [2.45, 2.75) is 25.4 Å². The van der Waals surface area contributed by atoms with E-state index in [0.717, 1.165) is 25.3 Å². The lowest BCUT2D eigenvalue weighted by atomic mass is 10.1. The molecular formula is C15H19N3O. The van der Waals surface area contributed by atoms with Gasteiger partial charge in [-0.15, -0.1) is 0 Å². The van der Waals surface area contributed by atoms with Gasteiger partial charge in [-0.1, -0.05) is 12.1 Å². The molecule has 0 radical (unpaired) electrons. The first-order valence-electron chi connectivity index (χ1n) is 6.75. The van der Waals surface area contributed by atoms with Crippen molar-refractivity contribution in [3.8, 4) is 5.69 Å². The van der Waals surface area contributed by atoms with Crippen molar-refractivity contribution in [2.24, 2.45) is 0 Å². The normalized spacial score (nSPS) is 20.6. The lowest BCUT2D eigenvalue weighted by Crippen LogP contribution is -2.31. The average molecular weight is 257 g/mol. The van der Waals surface area contributed by atoms with Crippen LogP contribution < -0.4 is 5.32 Å². The Balaban J connectivity index is 1.67. The van der Waals surface area contributed by atoms with Gasteiger partial charge in [0.1, 0.15) is 0 Å². The molecule has 1 N–H and O–H groups in total. The number of hydrogen-bond donors (Lipinski definition) is 1. The molecule has 19 heavy (non-hydrogen) atoms. The minimum Gasteiger partial charge on any atom is -0.380 e. The van der Waals surface area contributed by atoms with Crippen LogP contribution in [0.15, 0.2) is 43.0 Å². The SMILES string of the molecule is CC(NC1CCOC1)c1ccc(-n2ccnc2)cc1. The van der Waals surface area contributed by atoms with E-state index in [0.29, 0.717) is 12.1 Å². The number of benzene rings is 1. The molecule has 0 saturated carbocycles. The third-order valence-corrected chi connectivity index (χ3v) is 3.61. The molecule has 0 spiro atoms. The molecule has 2 unspecified atom stereocenters. The third kappa shape index (κ3) is 2.85. The summed E-state index contributed by atoms with van der Waals surface area (Å²) in [6, 6.07) is 9.43. The Morgan fingerprint density at radius 3 is 2.84 bits per heavy atom. The molecule has 2 aromatic rings. The highest BCUT2D eigenvalue weighted by Gasteiger charge is 2.18. The van der Waals surface area contributed by atoms with Crippen molar-refractivity contribution in [1.82, 2.24) is 14.9 Å². The van der Waals surface area contributed by atoms with Crippen LogP contribution in [0, 0.1) is 0 Å². The Labute approximate surface area is 113 Å². The van der Waals surface area contributed by atoms with Crippen molar-refractivity contribution < 1.29 is 4.74 Å². The van der Waals surface area contributed by atoms with E-state index >= 15 is 0 Å².